The van der Waals surface area contributed by atoms with Crippen molar-refractivity contribution in [2.45, 2.75) is 13.5 Å². The number of benzene rings is 2. The van der Waals surface area contributed by atoms with Gasteiger partial charge in [-0.15, -0.1) is 0 Å². The molecule has 2 aromatic carbocycles. The van der Waals surface area contributed by atoms with E-state index >= 15 is 0 Å². The zero-order valence-corrected chi connectivity index (χ0v) is 15.8. The van der Waals surface area contributed by atoms with Crippen molar-refractivity contribution >= 4 is 27.9 Å². The first kappa shape index (κ1) is 17.9. The summed E-state index contributed by atoms with van der Waals surface area (Å²) in [4.78, 5) is 29.3. The van der Waals surface area contributed by atoms with Gasteiger partial charge in [-0.25, -0.2) is 4.98 Å². The Morgan fingerprint density at radius 3 is 2.79 bits per heavy atom. The number of hydrogen-bond acceptors (Lipinski definition) is 6. The van der Waals surface area contributed by atoms with E-state index in [4.69, 9.17) is 4.74 Å². The minimum Gasteiger partial charge on any atom is -0.487 e. The van der Waals surface area contributed by atoms with E-state index in [1.165, 1.54) is 21.9 Å². The fraction of sp³-hybridized carbons (Fsp3) is 0.100. The summed E-state index contributed by atoms with van der Waals surface area (Å²) < 4.78 is 7.03. The number of aryl methyl sites for hydroxylation is 1. The molecule has 2 aromatic heterocycles. The first-order valence-corrected chi connectivity index (χ1v) is 9.36. The van der Waals surface area contributed by atoms with Gasteiger partial charge in [0, 0.05) is 23.4 Å². The number of nitrogens with one attached hydrogen (secondary N) is 1. The highest BCUT2D eigenvalue weighted by molar-refractivity contribution is 7.16. The average molecular weight is 392 g/mol. The van der Waals surface area contributed by atoms with E-state index in [0.29, 0.717) is 27.7 Å². The summed E-state index contributed by atoms with van der Waals surface area (Å²) in [5.74, 6) is 0.367. The van der Waals surface area contributed by atoms with Crippen LogP contribution in [0.4, 0.5) is 5.69 Å². The predicted molar refractivity (Wildman–Crippen MR) is 107 cm³/mol. The van der Waals surface area contributed by atoms with Crippen LogP contribution in [0.3, 0.4) is 0 Å². The Morgan fingerprint density at radius 1 is 1.14 bits per heavy atom. The molecule has 1 N–H and O–H groups in total. The van der Waals surface area contributed by atoms with Crippen LogP contribution in [0.1, 0.15) is 21.1 Å². The molecule has 7 nitrogen and oxygen atoms in total. The van der Waals surface area contributed by atoms with Crippen LogP contribution in [-0.2, 0) is 6.61 Å². The second-order valence-corrected chi connectivity index (χ2v) is 7.20. The third kappa shape index (κ3) is 3.91. The molecular weight excluding hydrogens is 376 g/mol. The van der Waals surface area contributed by atoms with E-state index in [0.717, 1.165) is 5.01 Å². The fourth-order valence-corrected chi connectivity index (χ4v) is 3.41. The van der Waals surface area contributed by atoms with E-state index in [1.807, 2.05) is 25.1 Å². The van der Waals surface area contributed by atoms with Crippen molar-refractivity contribution in [2.75, 3.05) is 5.32 Å². The van der Waals surface area contributed by atoms with Crippen LogP contribution in [0.25, 0.3) is 4.96 Å². The summed E-state index contributed by atoms with van der Waals surface area (Å²) in [6.07, 6.45) is 0. The molecule has 0 fully saturated rings. The standard InChI is InChI=1S/C20H16N4O3S/c1-13-23-24-18(25)11-16(22-20(24)28-13)12-27-17-9-5-8-15(10-17)21-19(26)14-6-3-2-4-7-14/h2-11H,12H2,1H3,(H,21,26). The van der Waals surface area contributed by atoms with Gasteiger partial charge in [0.1, 0.15) is 17.4 Å². The summed E-state index contributed by atoms with van der Waals surface area (Å²) >= 11 is 1.35. The lowest BCUT2D eigenvalue weighted by Gasteiger charge is -2.09. The molecule has 4 aromatic rings. The molecule has 8 heteroatoms. The molecule has 0 atom stereocenters. The van der Waals surface area contributed by atoms with Crippen molar-refractivity contribution in [2.24, 2.45) is 0 Å². The van der Waals surface area contributed by atoms with E-state index in [-0.39, 0.29) is 18.1 Å². The van der Waals surface area contributed by atoms with Gasteiger partial charge < -0.3 is 10.1 Å². The number of anilines is 1. The van der Waals surface area contributed by atoms with Crippen LogP contribution in [0.15, 0.2) is 65.5 Å². The number of nitrogens with zero attached hydrogens (tertiary/aromatic N) is 3. The maximum atomic E-state index is 12.3. The zero-order valence-electron chi connectivity index (χ0n) is 15.0. The molecular formula is C20H16N4O3S. The maximum Gasteiger partial charge on any atom is 0.275 e. The van der Waals surface area contributed by atoms with Crippen molar-refractivity contribution in [1.29, 1.82) is 0 Å². The minimum absolute atomic E-state index is 0.138. The monoisotopic (exact) mass is 392 g/mol. The Morgan fingerprint density at radius 2 is 1.96 bits per heavy atom. The molecule has 28 heavy (non-hydrogen) atoms. The summed E-state index contributed by atoms with van der Waals surface area (Å²) in [7, 11) is 0. The van der Waals surface area contributed by atoms with Gasteiger partial charge in [0.15, 0.2) is 0 Å². The maximum absolute atomic E-state index is 12.3. The molecule has 0 unspecified atom stereocenters. The van der Waals surface area contributed by atoms with Crippen LogP contribution in [-0.4, -0.2) is 20.5 Å². The molecule has 0 aliphatic rings. The van der Waals surface area contributed by atoms with Crippen molar-refractivity contribution in [3.63, 3.8) is 0 Å². The molecule has 2 heterocycles. The van der Waals surface area contributed by atoms with Crippen molar-refractivity contribution < 1.29 is 9.53 Å². The summed E-state index contributed by atoms with van der Waals surface area (Å²) in [6, 6.07) is 17.5. The molecule has 1 amide bonds. The van der Waals surface area contributed by atoms with Gasteiger partial charge in [-0.1, -0.05) is 35.6 Å². The first-order chi connectivity index (χ1) is 13.6. The first-order valence-electron chi connectivity index (χ1n) is 8.54. The van der Waals surface area contributed by atoms with Crippen molar-refractivity contribution in [3.05, 3.63) is 87.3 Å². The van der Waals surface area contributed by atoms with Gasteiger partial charge in [0.2, 0.25) is 4.96 Å². The molecule has 0 aliphatic heterocycles. The van der Waals surface area contributed by atoms with Crippen LogP contribution < -0.4 is 15.6 Å². The van der Waals surface area contributed by atoms with E-state index in [1.54, 1.807) is 36.4 Å². The molecule has 140 valence electrons. The van der Waals surface area contributed by atoms with Gasteiger partial charge in [-0.3, -0.25) is 9.59 Å². The number of carbonyl (C=O) groups excluding carboxylic acids is 1. The zero-order chi connectivity index (χ0) is 19.5. The number of hydrogen-bond donors (Lipinski definition) is 1. The number of amides is 1. The SMILES string of the molecule is Cc1nn2c(=O)cc(COc3cccc(NC(=O)c4ccccc4)c3)nc2s1. The quantitative estimate of drug-likeness (QED) is 0.563. The number of carbonyl (C=O) groups is 1. The van der Waals surface area contributed by atoms with Crippen LogP contribution >= 0.6 is 11.3 Å². The Balaban J connectivity index is 1.46. The third-order valence-electron chi connectivity index (χ3n) is 3.91. The van der Waals surface area contributed by atoms with Crippen molar-refractivity contribution in [1.82, 2.24) is 14.6 Å². The molecule has 0 spiro atoms. The van der Waals surface area contributed by atoms with Crippen LogP contribution in [0.2, 0.25) is 0 Å². The molecule has 0 radical (unpaired) electrons. The number of ether oxygens (including phenoxy) is 1. The molecule has 0 aliphatic carbocycles. The number of rotatable bonds is 5. The highest BCUT2D eigenvalue weighted by Gasteiger charge is 2.09. The summed E-state index contributed by atoms with van der Waals surface area (Å²) in [6.45, 7) is 1.96. The molecule has 0 saturated heterocycles. The Kier molecular flexibility index (Phi) is 4.86. The molecule has 4 rings (SSSR count). The number of aromatic nitrogens is 3. The molecule has 0 bridgehead atoms. The highest BCUT2D eigenvalue weighted by atomic mass is 32.1. The topological polar surface area (TPSA) is 85.6 Å². The van der Waals surface area contributed by atoms with Crippen molar-refractivity contribution in [3.8, 4) is 5.75 Å². The highest BCUT2D eigenvalue weighted by Crippen LogP contribution is 2.19. The van der Waals surface area contributed by atoms with Gasteiger partial charge in [-0.2, -0.15) is 9.61 Å². The minimum atomic E-state index is -0.239. The Labute approximate surface area is 164 Å². The predicted octanol–water partition coefficient (Wildman–Crippen LogP) is 3.29. The Hall–Kier alpha value is -3.52. The lowest BCUT2D eigenvalue weighted by atomic mass is 10.2. The van der Waals surface area contributed by atoms with Gasteiger partial charge in [-0.05, 0) is 31.2 Å². The van der Waals surface area contributed by atoms with E-state index in [9.17, 15) is 9.59 Å². The summed E-state index contributed by atoms with van der Waals surface area (Å²) in [5, 5.41) is 7.72. The lowest BCUT2D eigenvalue weighted by Crippen LogP contribution is -2.16. The van der Waals surface area contributed by atoms with Gasteiger partial charge in [0.05, 0.1) is 5.69 Å². The van der Waals surface area contributed by atoms with Crippen LogP contribution in [0, 0.1) is 6.92 Å². The van der Waals surface area contributed by atoms with E-state index in [2.05, 4.69) is 15.4 Å². The lowest BCUT2D eigenvalue weighted by molar-refractivity contribution is 0.102. The third-order valence-corrected chi connectivity index (χ3v) is 4.74. The average Bonchev–Trinajstić information content (AvgIpc) is 3.08. The smallest absolute Gasteiger partial charge is 0.275 e. The normalized spacial score (nSPS) is 10.8. The largest absolute Gasteiger partial charge is 0.487 e. The van der Waals surface area contributed by atoms with Crippen LogP contribution in [0.5, 0.6) is 5.75 Å². The van der Waals surface area contributed by atoms with E-state index < -0.39 is 0 Å². The fourth-order valence-electron chi connectivity index (χ4n) is 2.64. The van der Waals surface area contributed by atoms with Gasteiger partial charge >= 0.3 is 0 Å². The number of fused-ring (bicyclic) bond motifs is 1. The second kappa shape index (κ2) is 7.61. The Bertz CT molecular complexity index is 1200. The van der Waals surface area contributed by atoms with Gasteiger partial charge in [0.25, 0.3) is 11.5 Å². The molecule has 0 saturated carbocycles. The summed E-state index contributed by atoms with van der Waals surface area (Å²) in [5.41, 5.74) is 1.48. The second-order valence-electron chi connectivity index (χ2n) is 6.04.